The van der Waals surface area contributed by atoms with E-state index in [0.717, 1.165) is 72.2 Å². The van der Waals surface area contributed by atoms with Crippen LogP contribution in [0, 0.1) is 0 Å². The molecule has 0 amide bonds. The first-order valence-corrected chi connectivity index (χ1v) is 13.0. The maximum Gasteiger partial charge on any atom is 0.162 e. The Morgan fingerprint density at radius 3 is 1.38 bits per heavy atom. The molecule has 190 valence electrons. The zero-order valence-electron chi connectivity index (χ0n) is 19.8. The fraction of sp³-hybridized carbons (Fsp3) is 0.500. The van der Waals surface area contributed by atoms with E-state index < -0.39 is 0 Å². The van der Waals surface area contributed by atoms with Gasteiger partial charge in [-0.15, -0.1) is 0 Å². The second-order valence-electron chi connectivity index (χ2n) is 7.79. The van der Waals surface area contributed by atoms with E-state index in [0.29, 0.717) is 24.6 Å². The Balaban J connectivity index is 1.44. The van der Waals surface area contributed by atoms with Crippen LogP contribution in [0.25, 0.3) is 0 Å². The minimum atomic E-state index is 0.184. The maximum atomic E-state index is 10.2. The summed E-state index contributed by atoms with van der Waals surface area (Å²) in [5.74, 6) is 1.31. The highest BCUT2D eigenvalue weighted by molar-refractivity contribution is 9.10. The molecule has 2 aromatic carbocycles. The molecule has 34 heavy (non-hydrogen) atoms. The molecule has 8 nitrogen and oxygen atoms in total. The van der Waals surface area contributed by atoms with Crippen molar-refractivity contribution in [2.75, 3.05) is 53.5 Å². The van der Waals surface area contributed by atoms with E-state index in [-0.39, 0.29) is 11.5 Å². The number of phenolic OH excluding ortho intramolecular Hbond substituents is 2. The first-order valence-electron chi connectivity index (χ1n) is 11.4. The number of methoxy groups -OCH3 is 2. The SMILES string of the molecule is COc1cc(Br)cc(CNCCCNCCNCCCNCc2cc(Br)cc(OC)c2O)c1O. The summed E-state index contributed by atoms with van der Waals surface area (Å²) in [7, 11) is 3.09. The molecule has 0 unspecified atom stereocenters. The van der Waals surface area contributed by atoms with Crippen LogP contribution in [-0.4, -0.2) is 63.7 Å². The van der Waals surface area contributed by atoms with Gasteiger partial charge in [-0.2, -0.15) is 0 Å². The van der Waals surface area contributed by atoms with Gasteiger partial charge in [0, 0.05) is 46.3 Å². The topological polar surface area (TPSA) is 107 Å². The van der Waals surface area contributed by atoms with Crippen molar-refractivity contribution in [1.29, 1.82) is 0 Å². The number of benzene rings is 2. The number of ether oxygens (including phenoxy) is 2. The molecule has 10 heteroatoms. The number of rotatable bonds is 17. The predicted octanol–water partition coefficient (Wildman–Crippen LogP) is 3.48. The summed E-state index contributed by atoms with van der Waals surface area (Å²) < 4.78 is 12.1. The highest BCUT2D eigenvalue weighted by atomic mass is 79.9. The minimum Gasteiger partial charge on any atom is -0.504 e. The second-order valence-corrected chi connectivity index (χ2v) is 9.62. The van der Waals surface area contributed by atoms with E-state index >= 15 is 0 Å². The third-order valence-corrected chi connectivity index (χ3v) is 6.12. The lowest BCUT2D eigenvalue weighted by atomic mass is 10.2. The van der Waals surface area contributed by atoms with E-state index in [9.17, 15) is 10.2 Å². The normalized spacial score (nSPS) is 11.1. The smallest absolute Gasteiger partial charge is 0.162 e. The molecular weight excluding hydrogens is 568 g/mol. The van der Waals surface area contributed by atoms with Gasteiger partial charge in [-0.25, -0.2) is 0 Å². The van der Waals surface area contributed by atoms with Gasteiger partial charge >= 0.3 is 0 Å². The van der Waals surface area contributed by atoms with Gasteiger partial charge in [-0.3, -0.25) is 0 Å². The molecule has 0 heterocycles. The van der Waals surface area contributed by atoms with Crippen LogP contribution < -0.4 is 30.7 Å². The van der Waals surface area contributed by atoms with Crippen LogP contribution in [0.4, 0.5) is 0 Å². The Bertz CT molecular complexity index is 815. The molecule has 2 rings (SSSR count). The number of aromatic hydroxyl groups is 2. The molecular formula is C24H36Br2N4O4. The van der Waals surface area contributed by atoms with Crippen LogP contribution in [0.2, 0.25) is 0 Å². The molecule has 0 aliphatic heterocycles. The fourth-order valence-corrected chi connectivity index (χ4v) is 4.36. The highest BCUT2D eigenvalue weighted by Gasteiger charge is 2.10. The molecule has 0 aliphatic rings. The van der Waals surface area contributed by atoms with Crippen LogP contribution in [0.5, 0.6) is 23.0 Å². The molecule has 6 N–H and O–H groups in total. The molecule has 0 spiro atoms. The standard InChI is InChI=1S/C24H36Br2N4O4/c1-33-21-13-19(25)11-17(23(21)31)15-29-7-3-5-27-9-10-28-6-4-8-30-16-18-12-20(26)14-22(34-2)24(18)32/h11-14,27-32H,3-10,15-16H2,1-2H3. The van der Waals surface area contributed by atoms with Crippen molar-refractivity contribution in [3.63, 3.8) is 0 Å². The van der Waals surface area contributed by atoms with Gasteiger partial charge in [0.25, 0.3) is 0 Å². The predicted molar refractivity (Wildman–Crippen MR) is 143 cm³/mol. The maximum absolute atomic E-state index is 10.2. The van der Waals surface area contributed by atoms with E-state index in [2.05, 4.69) is 53.1 Å². The van der Waals surface area contributed by atoms with Gasteiger partial charge in [-0.1, -0.05) is 31.9 Å². The number of halogens is 2. The summed E-state index contributed by atoms with van der Waals surface area (Å²) in [6, 6.07) is 7.29. The Kier molecular flexibility index (Phi) is 13.6. The molecule has 0 aromatic heterocycles. The quantitative estimate of drug-likeness (QED) is 0.153. The van der Waals surface area contributed by atoms with Gasteiger partial charge in [-0.05, 0) is 63.3 Å². The van der Waals surface area contributed by atoms with Crippen molar-refractivity contribution >= 4 is 31.9 Å². The van der Waals surface area contributed by atoms with Crippen LogP contribution in [0.15, 0.2) is 33.2 Å². The summed E-state index contributed by atoms with van der Waals surface area (Å²) in [6.45, 7) is 6.61. The monoisotopic (exact) mass is 602 g/mol. The van der Waals surface area contributed by atoms with E-state index in [1.54, 1.807) is 26.4 Å². The fourth-order valence-electron chi connectivity index (χ4n) is 3.39. The third-order valence-electron chi connectivity index (χ3n) is 5.20. The highest BCUT2D eigenvalue weighted by Crippen LogP contribution is 2.34. The van der Waals surface area contributed by atoms with Crippen LogP contribution in [0.1, 0.15) is 24.0 Å². The summed E-state index contributed by atoms with van der Waals surface area (Å²) in [6.07, 6.45) is 2.01. The Morgan fingerprint density at radius 1 is 0.618 bits per heavy atom. The average Bonchev–Trinajstić information content (AvgIpc) is 2.82. The lowest BCUT2D eigenvalue weighted by Gasteiger charge is -2.12. The van der Waals surface area contributed by atoms with Gasteiger partial charge in [0.1, 0.15) is 0 Å². The van der Waals surface area contributed by atoms with Crippen molar-refractivity contribution in [3.8, 4) is 23.0 Å². The first-order chi connectivity index (χ1) is 16.5. The number of hydrogen-bond donors (Lipinski definition) is 6. The minimum absolute atomic E-state index is 0.184. The van der Waals surface area contributed by atoms with Gasteiger partial charge in [0.15, 0.2) is 23.0 Å². The summed E-state index contributed by atoms with van der Waals surface area (Å²) in [5.41, 5.74) is 1.62. The molecule has 0 saturated carbocycles. The lowest BCUT2D eigenvalue weighted by Crippen LogP contribution is -2.30. The molecule has 0 atom stereocenters. The Labute approximate surface area is 219 Å². The van der Waals surface area contributed by atoms with Gasteiger partial charge in [0.2, 0.25) is 0 Å². The Morgan fingerprint density at radius 2 is 1.00 bits per heavy atom. The molecule has 0 bridgehead atoms. The van der Waals surface area contributed by atoms with E-state index in [1.807, 2.05) is 12.1 Å². The average molecular weight is 604 g/mol. The van der Waals surface area contributed by atoms with Crippen LogP contribution in [0.3, 0.4) is 0 Å². The molecule has 0 saturated heterocycles. The third kappa shape index (κ3) is 9.97. The van der Waals surface area contributed by atoms with Gasteiger partial charge < -0.3 is 41.0 Å². The van der Waals surface area contributed by atoms with Crippen molar-refractivity contribution in [2.24, 2.45) is 0 Å². The van der Waals surface area contributed by atoms with Crippen molar-refractivity contribution in [3.05, 3.63) is 44.3 Å². The molecule has 0 radical (unpaired) electrons. The second kappa shape index (κ2) is 16.2. The van der Waals surface area contributed by atoms with Crippen molar-refractivity contribution in [1.82, 2.24) is 21.3 Å². The number of phenols is 2. The van der Waals surface area contributed by atoms with E-state index in [1.165, 1.54) is 0 Å². The largest absolute Gasteiger partial charge is 0.504 e. The molecule has 0 aliphatic carbocycles. The van der Waals surface area contributed by atoms with Gasteiger partial charge in [0.05, 0.1) is 14.2 Å². The zero-order valence-corrected chi connectivity index (χ0v) is 23.0. The van der Waals surface area contributed by atoms with Crippen molar-refractivity contribution in [2.45, 2.75) is 25.9 Å². The number of hydrogen-bond acceptors (Lipinski definition) is 8. The molecule has 2 aromatic rings. The summed E-state index contributed by atoms with van der Waals surface area (Å²) in [5, 5.41) is 33.9. The van der Waals surface area contributed by atoms with Crippen LogP contribution in [-0.2, 0) is 13.1 Å². The lowest BCUT2D eigenvalue weighted by molar-refractivity contribution is 0.369. The number of nitrogens with one attached hydrogen (secondary N) is 4. The van der Waals surface area contributed by atoms with Crippen molar-refractivity contribution < 1.29 is 19.7 Å². The molecule has 0 fully saturated rings. The summed E-state index contributed by atoms with van der Waals surface area (Å²) >= 11 is 6.87. The zero-order chi connectivity index (χ0) is 24.8. The summed E-state index contributed by atoms with van der Waals surface area (Å²) in [4.78, 5) is 0. The van der Waals surface area contributed by atoms with E-state index in [4.69, 9.17) is 9.47 Å². The van der Waals surface area contributed by atoms with Crippen LogP contribution >= 0.6 is 31.9 Å². The Hall–Kier alpha value is -1.56. The first kappa shape index (κ1) is 28.7.